The lowest BCUT2D eigenvalue weighted by Crippen LogP contribution is -2.45. The Morgan fingerprint density at radius 2 is 2.00 bits per heavy atom. The van der Waals surface area contributed by atoms with Gasteiger partial charge in [0.15, 0.2) is 0 Å². The summed E-state index contributed by atoms with van der Waals surface area (Å²) in [7, 11) is 0. The highest BCUT2D eigenvalue weighted by Gasteiger charge is 2.26. The average Bonchev–Trinajstić information content (AvgIpc) is 2.47. The van der Waals surface area contributed by atoms with E-state index < -0.39 is 5.91 Å². The molecule has 116 valence electrons. The Balaban J connectivity index is 0.00000220. The highest BCUT2D eigenvalue weighted by Crippen LogP contribution is 2.15. The fourth-order valence-corrected chi connectivity index (χ4v) is 2.52. The highest BCUT2D eigenvalue weighted by molar-refractivity contribution is 5.85. The molecule has 1 aliphatic rings. The quantitative estimate of drug-likeness (QED) is 0.849. The molecule has 0 radical (unpaired) electrons. The summed E-state index contributed by atoms with van der Waals surface area (Å²) in [5, 5.41) is 3.22. The first-order chi connectivity index (χ1) is 9.66. The van der Waals surface area contributed by atoms with E-state index in [-0.39, 0.29) is 30.8 Å². The number of hydrogen-bond donors (Lipinski definition) is 2. The van der Waals surface area contributed by atoms with Crippen molar-refractivity contribution >= 4 is 24.2 Å². The van der Waals surface area contributed by atoms with Crippen molar-refractivity contribution in [2.24, 2.45) is 11.7 Å². The number of benzene rings is 1. The van der Waals surface area contributed by atoms with Crippen LogP contribution in [0, 0.1) is 5.92 Å². The van der Waals surface area contributed by atoms with Crippen LogP contribution in [0.2, 0.25) is 0 Å². The summed E-state index contributed by atoms with van der Waals surface area (Å²) in [6.07, 6.45) is 1.86. The van der Waals surface area contributed by atoms with Gasteiger partial charge >= 0.3 is 0 Å². The summed E-state index contributed by atoms with van der Waals surface area (Å²) in [6.45, 7) is 2.05. The number of rotatable bonds is 5. The second kappa shape index (κ2) is 8.64. The van der Waals surface area contributed by atoms with E-state index in [0.717, 1.165) is 24.9 Å². The van der Waals surface area contributed by atoms with Gasteiger partial charge in [-0.1, -0.05) is 30.3 Å². The van der Waals surface area contributed by atoms with E-state index in [1.807, 2.05) is 30.3 Å². The van der Waals surface area contributed by atoms with Crippen molar-refractivity contribution < 1.29 is 9.59 Å². The Morgan fingerprint density at radius 1 is 1.29 bits per heavy atom. The standard InChI is InChI=1S/C15H21N3O2.ClH/c16-14(19)11-18(10-12-5-2-1-3-6-12)15(20)13-7-4-8-17-9-13;/h1-3,5-6,13,17H,4,7-11H2,(H2,16,19);1H. The molecular weight excluding hydrogens is 290 g/mol. The van der Waals surface area contributed by atoms with Gasteiger partial charge in [-0.3, -0.25) is 9.59 Å². The van der Waals surface area contributed by atoms with Crippen LogP contribution in [0.15, 0.2) is 30.3 Å². The number of piperidine rings is 1. The number of carbonyl (C=O) groups is 2. The number of amides is 2. The maximum Gasteiger partial charge on any atom is 0.237 e. The normalized spacial score (nSPS) is 17.6. The van der Waals surface area contributed by atoms with Crippen LogP contribution in [0.25, 0.3) is 0 Å². The molecule has 5 nitrogen and oxygen atoms in total. The van der Waals surface area contributed by atoms with E-state index in [1.165, 1.54) is 0 Å². The molecule has 1 fully saturated rings. The van der Waals surface area contributed by atoms with Crippen molar-refractivity contribution in [2.45, 2.75) is 19.4 Å². The second-order valence-corrected chi connectivity index (χ2v) is 5.19. The van der Waals surface area contributed by atoms with E-state index in [0.29, 0.717) is 13.1 Å². The predicted octanol–water partition coefficient (Wildman–Crippen LogP) is 0.922. The molecule has 1 aromatic rings. The highest BCUT2D eigenvalue weighted by atomic mass is 35.5. The van der Waals surface area contributed by atoms with Gasteiger partial charge in [0.2, 0.25) is 11.8 Å². The summed E-state index contributed by atoms with van der Waals surface area (Å²) < 4.78 is 0. The smallest absolute Gasteiger partial charge is 0.237 e. The molecule has 1 atom stereocenters. The van der Waals surface area contributed by atoms with Crippen LogP contribution in [0.1, 0.15) is 18.4 Å². The van der Waals surface area contributed by atoms with Gasteiger partial charge in [-0.25, -0.2) is 0 Å². The molecule has 0 bridgehead atoms. The molecule has 21 heavy (non-hydrogen) atoms. The molecule has 1 saturated heterocycles. The number of nitrogens with two attached hydrogens (primary N) is 1. The third-order valence-corrected chi connectivity index (χ3v) is 3.52. The Bertz CT molecular complexity index is 461. The van der Waals surface area contributed by atoms with Gasteiger partial charge in [-0.2, -0.15) is 0 Å². The summed E-state index contributed by atoms with van der Waals surface area (Å²) >= 11 is 0. The molecule has 0 spiro atoms. The van der Waals surface area contributed by atoms with Gasteiger partial charge in [-0.05, 0) is 24.9 Å². The van der Waals surface area contributed by atoms with Gasteiger partial charge in [0, 0.05) is 13.1 Å². The van der Waals surface area contributed by atoms with Crippen LogP contribution in [0.4, 0.5) is 0 Å². The molecule has 6 heteroatoms. The monoisotopic (exact) mass is 311 g/mol. The lowest BCUT2D eigenvalue weighted by molar-refractivity contribution is -0.139. The van der Waals surface area contributed by atoms with Crippen molar-refractivity contribution in [3.63, 3.8) is 0 Å². The summed E-state index contributed by atoms with van der Waals surface area (Å²) in [4.78, 5) is 25.3. The lowest BCUT2D eigenvalue weighted by Gasteiger charge is -2.29. The molecule has 1 heterocycles. The zero-order valence-corrected chi connectivity index (χ0v) is 12.8. The minimum absolute atomic E-state index is 0. The Labute approximate surface area is 131 Å². The van der Waals surface area contributed by atoms with Crippen LogP contribution in [0.3, 0.4) is 0 Å². The SMILES string of the molecule is Cl.NC(=O)CN(Cc1ccccc1)C(=O)C1CCCNC1. The van der Waals surface area contributed by atoms with Gasteiger partial charge in [0.1, 0.15) is 0 Å². The first-order valence-corrected chi connectivity index (χ1v) is 6.98. The van der Waals surface area contributed by atoms with Crippen molar-refractivity contribution in [3.05, 3.63) is 35.9 Å². The molecule has 2 rings (SSSR count). The van der Waals surface area contributed by atoms with Gasteiger partial charge in [0.25, 0.3) is 0 Å². The van der Waals surface area contributed by atoms with Crippen LogP contribution in [0.5, 0.6) is 0 Å². The topological polar surface area (TPSA) is 75.4 Å². The van der Waals surface area contributed by atoms with Crippen molar-refractivity contribution in [1.29, 1.82) is 0 Å². The van der Waals surface area contributed by atoms with Crippen molar-refractivity contribution in [3.8, 4) is 0 Å². The first kappa shape index (κ1) is 17.5. The van der Waals surface area contributed by atoms with E-state index in [4.69, 9.17) is 5.73 Å². The van der Waals surface area contributed by atoms with Crippen molar-refractivity contribution in [1.82, 2.24) is 10.2 Å². The number of carbonyl (C=O) groups excluding carboxylic acids is 2. The zero-order chi connectivity index (χ0) is 14.4. The molecular formula is C15H22ClN3O2. The summed E-state index contributed by atoms with van der Waals surface area (Å²) in [5.41, 5.74) is 6.27. The fourth-order valence-electron chi connectivity index (χ4n) is 2.52. The first-order valence-electron chi connectivity index (χ1n) is 6.98. The van der Waals surface area contributed by atoms with E-state index in [9.17, 15) is 9.59 Å². The molecule has 1 aliphatic heterocycles. The predicted molar refractivity (Wildman–Crippen MR) is 83.9 cm³/mol. The largest absolute Gasteiger partial charge is 0.368 e. The zero-order valence-electron chi connectivity index (χ0n) is 12.0. The van der Waals surface area contributed by atoms with Crippen LogP contribution in [-0.4, -0.2) is 36.3 Å². The molecule has 0 saturated carbocycles. The van der Waals surface area contributed by atoms with Gasteiger partial charge < -0.3 is 16.0 Å². The number of nitrogens with one attached hydrogen (secondary N) is 1. The number of hydrogen-bond acceptors (Lipinski definition) is 3. The van der Waals surface area contributed by atoms with Crippen LogP contribution < -0.4 is 11.1 Å². The lowest BCUT2D eigenvalue weighted by atomic mass is 9.98. The van der Waals surface area contributed by atoms with Gasteiger partial charge in [-0.15, -0.1) is 12.4 Å². The minimum atomic E-state index is -0.474. The van der Waals surface area contributed by atoms with Crippen LogP contribution >= 0.6 is 12.4 Å². The maximum atomic E-state index is 12.5. The maximum absolute atomic E-state index is 12.5. The molecule has 1 unspecified atom stereocenters. The summed E-state index contributed by atoms with van der Waals surface area (Å²) in [5.74, 6) is -0.510. The molecule has 0 aliphatic carbocycles. The number of nitrogens with zero attached hydrogens (tertiary/aromatic N) is 1. The Hall–Kier alpha value is -1.59. The average molecular weight is 312 g/mol. The Kier molecular flexibility index (Phi) is 7.19. The second-order valence-electron chi connectivity index (χ2n) is 5.19. The number of halogens is 1. The van der Waals surface area contributed by atoms with E-state index in [1.54, 1.807) is 4.90 Å². The van der Waals surface area contributed by atoms with Crippen molar-refractivity contribution in [2.75, 3.05) is 19.6 Å². The molecule has 0 aromatic heterocycles. The third-order valence-electron chi connectivity index (χ3n) is 3.52. The van der Waals surface area contributed by atoms with E-state index >= 15 is 0 Å². The number of primary amides is 1. The third kappa shape index (κ3) is 5.36. The summed E-state index contributed by atoms with van der Waals surface area (Å²) in [6, 6.07) is 9.66. The molecule has 3 N–H and O–H groups in total. The Morgan fingerprint density at radius 3 is 2.57 bits per heavy atom. The fraction of sp³-hybridized carbons (Fsp3) is 0.467. The molecule has 1 aromatic carbocycles. The van der Waals surface area contributed by atoms with E-state index in [2.05, 4.69) is 5.32 Å². The van der Waals surface area contributed by atoms with Gasteiger partial charge in [0.05, 0.1) is 12.5 Å². The minimum Gasteiger partial charge on any atom is -0.368 e. The molecule has 2 amide bonds. The van der Waals surface area contributed by atoms with Crippen LogP contribution in [-0.2, 0) is 16.1 Å².